The van der Waals surface area contributed by atoms with Gasteiger partial charge in [-0.25, -0.2) is 12.8 Å². The lowest BCUT2D eigenvalue weighted by molar-refractivity contribution is 0.313. The number of benzene rings is 2. The van der Waals surface area contributed by atoms with Crippen LogP contribution in [0.5, 0.6) is 0 Å². The molecule has 0 N–H and O–H groups in total. The fourth-order valence-corrected chi connectivity index (χ4v) is 4.50. The summed E-state index contributed by atoms with van der Waals surface area (Å²) in [4.78, 5) is 9.05. The molecule has 0 aliphatic carbocycles. The first-order valence-corrected chi connectivity index (χ1v) is 10.3. The normalized spacial score (nSPS) is 16.0. The molecule has 1 aliphatic heterocycles. The SMILES string of the molecule is CN1CCN(c2ccc3ncc(S(=O)(=O)c4ccc(F)cc4)cc3c2)CC1. The number of hydrogen-bond donors (Lipinski definition) is 0. The van der Waals surface area contributed by atoms with Gasteiger partial charge in [0.2, 0.25) is 9.84 Å². The molecule has 1 aromatic heterocycles. The van der Waals surface area contributed by atoms with Crippen LogP contribution in [0.1, 0.15) is 0 Å². The molecule has 1 saturated heterocycles. The van der Waals surface area contributed by atoms with Crippen molar-refractivity contribution in [2.45, 2.75) is 9.79 Å². The summed E-state index contributed by atoms with van der Waals surface area (Å²) in [7, 11) is -1.64. The van der Waals surface area contributed by atoms with Crippen LogP contribution >= 0.6 is 0 Å². The highest BCUT2D eigenvalue weighted by molar-refractivity contribution is 7.91. The van der Waals surface area contributed by atoms with Crippen LogP contribution in [0.15, 0.2) is 64.5 Å². The van der Waals surface area contributed by atoms with Crippen molar-refractivity contribution in [3.63, 3.8) is 0 Å². The molecule has 1 aliphatic rings. The van der Waals surface area contributed by atoms with Gasteiger partial charge in [0.05, 0.1) is 15.3 Å². The van der Waals surface area contributed by atoms with Crippen LogP contribution in [0.2, 0.25) is 0 Å². The van der Waals surface area contributed by atoms with E-state index in [1.54, 1.807) is 6.07 Å². The van der Waals surface area contributed by atoms with Crippen LogP contribution in [0.4, 0.5) is 10.1 Å². The van der Waals surface area contributed by atoms with Gasteiger partial charge in [-0.3, -0.25) is 4.98 Å². The number of anilines is 1. The first kappa shape index (κ1) is 17.9. The van der Waals surface area contributed by atoms with E-state index in [-0.39, 0.29) is 9.79 Å². The summed E-state index contributed by atoms with van der Waals surface area (Å²) in [5.41, 5.74) is 1.81. The molecule has 0 saturated carbocycles. The van der Waals surface area contributed by atoms with Gasteiger partial charge in [-0.2, -0.15) is 0 Å². The molecule has 0 radical (unpaired) electrons. The zero-order chi connectivity index (χ0) is 19.0. The highest BCUT2D eigenvalue weighted by Crippen LogP contribution is 2.27. The Bertz CT molecular complexity index is 1080. The third kappa shape index (κ3) is 3.52. The van der Waals surface area contributed by atoms with Crippen LogP contribution in [-0.2, 0) is 9.84 Å². The second-order valence-electron chi connectivity index (χ2n) is 6.80. The highest BCUT2D eigenvalue weighted by atomic mass is 32.2. The molecular formula is C20H20FN3O2S. The number of piperazine rings is 1. The molecular weight excluding hydrogens is 365 g/mol. The fourth-order valence-electron chi connectivity index (χ4n) is 3.26. The van der Waals surface area contributed by atoms with E-state index in [4.69, 9.17) is 0 Å². The smallest absolute Gasteiger partial charge is 0.208 e. The molecule has 4 rings (SSSR count). The van der Waals surface area contributed by atoms with Gasteiger partial charge in [-0.1, -0.05) is 0 Å². The Morgan fingerprint density at radius 3 is 2.33 bits per heavy atom. The van der Waals surface area contributed by atoms with E-state index in [0.717, 1.165) is 54.9 Å². The van der Waals surface area contributed by atoms with Crippen molar-refractivity contribution in [2.24, 2.45) is 0 Å². The predicted octanol–water partition coefficient (Wildman–Crippen LogP) is 2.96. The first-order chi connectivity index (χ1) is 12.9. The molecule has 3 aromatic rings. The Morgan fingerprint density at radius 1 is 0.926 bits per heavy atom. The molecule has 5 nitrogen and oxygen atoms in total. The van der Waals surface area contributed by atoms with E-state index < -0.39 is 15.7 Å². The summed E-state index contributed by atoms with van der Waals surface area (Å²) in [5.74, 6) is -0.470. The largest absolute Gasteiger partial charge is 0.369 e. The maximum absolute atomic E-state index is 13.1. The van der Waals surface area contributed by atoms with Crippen LogP contribution in [0, 0.1) is 5.82 Å². The molecule has 0 amide bonds. The average molecular weight is 385 g/mol. The molecule has 2 aromatic carbocycles. The van der Waals surface area contributed by atoms with E-state index in [9.17, 15) is 12.8 Å². The van der Waals surface area contributed by atoms with Gasteiger partial charge in [0.15, 0.2) is 0 Å². The van der Waals surface area contributed by atoms with Gasteiger partial charge in [0.25, 0.3) is 0 Å². The van der Waals surface area contributed by atoms with Crippen molar-refractivity contribution in [1.29, 1.82) is 0 Å². The van der Waals surface area contributed by atoms with Crippen LogP contribution in [0.25, 0.3) is 10.9 Å². The van der Waals surface area contributed by atoms with E-state index in [0.29, 0.717) is 0 Å². The maximum Gasteiger partial charge on any atom is 0.208 e. The number of halogens is 1. The number of rotatable bonds is 3. The van der Waals surface area contributed by atoms with Crippen molar-refractivity contribution in [3.8, 4) is 0 Å². The summed E-state index contributed by atoms with van der Waals surface area (Å²) in [5, 5.41) is 0.773. The molecule has 140 valence electrons. The molecule has 0 spiro atoms. The monoisotopic (exact) mass is 385 g/mol. The second kappa shape index (κ2) is 6.90. The third-order valence-electron chi connectivity index (χ3n) is 4.94. The van der Waals surface area contributed by atoms with Gasteiger partial charge in [-0.15, -0.1) is 0 Å². The quantitative estimate of drug-likeness (QED) is 0.649. The number of pyridine rings is 1. The van der Waals surface area contributed by atoms with Crippen LogP contribution in [-0.4, -0.2) is 51.5 Å². The summed E-state index contributed by atoms with van der Waals surface area (Å²) < 4.78 is 38.8. The molecule has 2 heterocycles. The lowest BCUT2D eigenvalue weighted by atomic mass is 10.1. The van der Waals surface area contributed by atoms with Crippen LogP contribution in [0.3, 0.4) is 0 Å². The Morgan fingerprint density at radius 2 is 1.63 bits per heavy atom. The van der Waals surface area contributed by atoms with Crippen LogP contribution < -0.4 is 4.90 Å². The topological polar surface area (TPSA) is 53.5 Å². The summed E-state index contributed by atoms with van der Waals surface area (Å²) in [6.07, 6.45) is 1.36. The van der Waals surface area contributed by atoms with Gasteiger partial charge in [0.1, 0.15) is 5.82 Å². The van der Waals surface area contributed by atoms with Crippen molar-refractivity contribution >= 4 is 26.4 Å². The minimum absolute atomic E-state index is 0.0558. The van der Waals surface area contributed by atoms with E-state index >= 15 is 0 Å². The van der Waals surface area contributed by atoms with Crippen molar-refractivity contribution in [2.75, 3.05) is 38.1 Å². The highest BCUT2D eigenvalue weighted by Gasteiger charge is 2.19. The first-order valence-electron chi connectivity index (χ1n) is 8.77. The Balaban J connectivity index is 1.71. The second-order valence-corrected chi connectivity index (χ2v) is 8.75. The molecule has 0 unspecified atom stereocenters. The lowest BCUT2D eigenvalue weighted by Gasteiger charge is -2.34. The van der Waals surface area contributed by atoms with Crippen molar-refractivity contribution < 1.29 is 12.8 Å². The van der Waals surface area contributed by atoms with Gasteiger partial charge >= 0.3 is 0 Å². The van der Waals surface area contributed by atoms with E-state index in [1.165, 1.54) is 18.3 Å². The fraction of sp³-hybridized carbons (Fsp3) is 0.250. The minimum atomic E-state index is -3.74. The summed E-state index contributed by atoms with van der Waals surface area (Å²) >= 11 is 0. The maximum atomic E-state index is 13.1. The number of hydrogen-bond acceptors (Lipinski definition) is 5. The van der Waals surface area contributed by atoms with Gasteiger partial charge < -0.3 is 9.80 Å². The number of aromatic nitrogens is 1. The summed E-state index contributed by atoms with van der Waals surface area (Å²) in [6, 6.07) is 12.4. The Kier molecular flexibility index (Phi) is 4.57. The number of sulfone groups is 1. The van der Waals surface area contributed by atoms with Crippen molar-refractivity contribution in [1.82, 2.24) is 9.88 Å². The van der Waals surface area contributed by atoms with E-state index in [2.05, 4.69) is 21.8 Å². The molecule has 0 atom stereocenters. The standard InChI is InChI=1S/C20H20FN3O2S/c1-23-8-10-24(11-9-23)17-4-7-20-15(12-17)13-19(14-22-20)27(25,26)18-5-2-16(21)3-6-18/h2-7,12-14H,8-11H2,1H3. The minimum Gasteiger partial charge on any atom is -0.369 e. The summed E-state index contributed by atoms with van der Waals surface area (Å²) in [6.45, 7) is 3.86. The third-order valence-corrected chi connectivity index (χ3v) is 6.68. The number of fused-ring (bicyclic) bond motifs is 1. The zero-order valence-corrected chi connectivity index (χ0v) is 15.8. The number of likely N-dealkylation sites (N-methyl/N-ethyl adjacent to an activating group) is 1. The Hall–Kier alpha value is -2.51. The van der Waals surface area contributed by atoms with E-state index in [1.807, 2.05) is 18.2 Å². The van der Waals surface area contributed by atoms with Gasteiger partial charge in [0, 0.05) is 43.4 Å². The predicted molar refractivity (Wildman–Crippen MR) is 103 cm³/mol. The number of nitrogens with zero attached hydrogens (tertiary/aromatic N) is 3. The molecule has 7 heteroatoms. The van der Waals surface area contributed by atoms with Crippen molar-refractivity contribution in [3.05, 3.63) is 60.5 Å². The van der Waals surface area contributed by atoms with Gasteiger partial charge in [-0.05, 0) is 55.6 Å². The lowest BCUT2D eigenvalue weighted by Crippen LogP contribution is -2.44. The molecule has 1 fully saturated rings. The average Bonchev–Trinajstić information content (AvgIpc) is 2.68. The Labute approximate surface area is 158 Å². The zero-order valence-electron chi connectivity index (χ0n) is 15.0. The molecule has 0 bridgehead atoms. The molecule has 27 heavy (non-hydrogen) atoms.